The van der Waals surface area contributed by atoms with Gasteiger partial charge in [-0.15, -0.1) is 5.10 Å². The number of hydrogen-bond donors (Lipinski definition) is 1. The van der Waals surface area contributed by atoms with Crippen LogP contribution in [0.1, 0.15) is 0 Å². The van der Waals surface area contributed by atoms with Crippen molar-refractivity contribution in [3.05, 3.63) is 11.7 Å². The van der Waals surface area contributed by atoms with Gasteiger partial charge >= 0.3 is 8.37 Å². The highest BCUT2D eigenvalue weighted by Crippen LogP contribution is 1.83. The molecular weight excluding hydrogens is 125 g/mol. The van der Waals surface area contributed by atoms with Crippen LogP contribution in [-0.2, 0) is 0 Å². The molecule has 1 aromatic heterocycles. The van der Waals surface area contributed by atoms with Crippen molar-refractivity contribution < 1.29 is 0 Å². The van der Waals surface area contributed by atoms with E-state index in [1.165, 1.54) is 6.20 Å². The molecule has 1 aromatic rings. The van der Waals surface area contributed by atoms with Crippen molar-refractivity contribution >= 4 is 13.8 Å². The Morgan fingerprint density at radius 2 is 2.75 bits per heavy atom. The van der Waals surface area contributed by atoms with E-state index in [1.807, 2.05) is 0 Å². The summed E-state index contributed by atoms with van der Waals surface area (Å²) >= 11 is 0. The van der Waals surface area contributed by atoms with Gasteiger partial charge in [0.2, 0.25) is 5.44 Å². The van der Waals surface area contributed by atoms with Crippen LogP contribution in [0.5, 0.6) is 0 Å². The summed E-state index contributed by atoms with van der Waals surface area (Å²) in [5.41, 5.74) is 8.57. The highest BCUT2D eigenvalue weighted by atomic mass is 31.1. The molecular formula is C2H2N5P. The molecule has 0 amide bonds. The average molecular weight is 127 g/mol. The fourth-order valence-electron chi connectivity index (χ4n) is 0.290. The van der Waals surface area contributed by atoms with Gasteiger partial charge in [-0.1, -0.05) is 0 Å². The Morgan fingerprint density at radius 3 is 3.25 bits per heavy atom. The van der Waals surface area contributed by atoms with Gasteiger partial charge in [0.25, 0.3) is 0 Å². The fraction of sp³-hybridized carbons (Fsp3) is 0. The zero-order valence-corrected chi connectivity index (χ0v) is 4.71. The predicted molar refractivity (Wildman–Crippen MR) is 28.4 cm³/mol. The summed E-state index contributed by atoms with van der Waals surface area (Å²) in [7, 11) is 0.422. The van der Waals surface area contributed by atoms with Gasteiger partial charge in [-0.25, -0.2) is 0 Å². The van der Waals surface area contributed by atoms with Crippen LogP contribution in [0.25, 0.3) is 5.53 Å². The molecule has 0 unspecified atom stereocenters. The molecule has 0 aliphatic rings. The third kappa shape index (κ3) is 0.964. The minimum atomic E-state index is 0.422. The number of rotatable bonds is 1. The number of hydrogen-bond acceptors (Lipinski definition) is 2. The summed E-state index contributed by atoms with van der Waals surface area (Å²) in [5.74, 6) is 0. The van der Waals surface area contributed by atoms with E-state index in [2.05, 4.69) is 20.0 Å². The highest BCUT2D eigenvalue weighted by Gasteiger charge is 1.94. The molecule has 1 rings (SSSR count). The topological polar surface area (TPSA) is 78.0 Å². The van der Waals surface area contributed by atoms with Crippen molar-refractivity contribution in [3.8, 4) is 0 Å². The van der Waals surface area contributed by atoms with Crippen LogP contribution in [-0.4, -0.2) is 15.4 Å². The van der Waals surface area contributed by atoms with Crippen molar-refractivity contribution in [2.75, 3.05) is 0 Å². The molecule has 0 saturated carbocycles. The first-order valence-electron chi connectivity index (χ1n) is 1.84. The van der Waals surface area contributed by atoms with E-state index in [1.54, 1.807) is 0 Å². The summed E-state index contributed by atoms with van der Waals surface area (Å²) < 4.78 is 2.83. The zero-order valence-electron chi connectivity index (χ0n) is 3.81. The maximum atomic E-state index is 7.97. The molecule has 6 heteroatoms. The molecule has 1 heterocycles. The Bertz CT molecular complexity index is 196. The van der Waals surface area contributed by atoms with Gasteiger partial charge in [0.05, 0.1) is 6.20 Å². The zero-order chi connectivity index (χ0) is 5.82. The van der Waals surface area contributed by atoms with Crippen LogP contribution in [0.3, 0.4) is 0 Å². The first-order chi connectivity index (χ1) is 3.93. The van der Waals surface area contributed by atoms with Crippen LogP contribution >= 0.6 is 8.37 Å². The standard InChI is InChI=1S/C2H2N5P/c3-6-8-2-1-4-7-5-2/h1H,(H,4,5,7). The van der Waals surface area contributed by atoms with Crippen molar-refractivity contribution in [2.24, 2.45) is 0 Å². The smallest absolute Gasteiger partial charge is 0.359 e. The van der Waals surface area contributed by atoms with Crippen LogP contribution < -0.4 is 9.98 Å². The molecule has 0 atom stereocenters. The normalized spacial score (nSPS) is 9.00. The lowest BCUT2D eigenvalue weighted by Gasteiger charge is -1.57. The molecule has 0 aromatic carbocycles. The van der Waals surface area contributed by atoms with E-state index >= 15 is 0 Å². The highest BCUT2D eigenvalue weighted by molar-refractivity contribution is 7.35. The number of H-pyrrole nitrogens is 1. The van der Waals surface area contributed by atoms with Gasteiger partial charge in [-0.2, -0.15) is 14.9 Å². The van der Waals surface area contributed by atoms with Crippen molar-refractivity contribution in [1.29, 1.82) is 0 Å². The lowest BCUT2D eigenvalue weighted by molar-refractivity contribution is 0.946. The molecule has 0 saturated heterocycles. The second-order valence-electron chi connectivity index (χ2n) is 1.02. The second kappa shape index (κ2) is 2.31. The Morgan fingerprint density at radius 1 is 1.88 bits per heavy atom. The van der Waals surface area contributed by atoms with Gasteiger partial charge in [-0.05, 0) is 0 Å². The van der Waals surface area contributed by atoms with Gasteiger partial charge in [0.15, 0.2) is 0 Å². The first-order valence-corrected chi connectivity index (χ1v) is 2.69. The third-order valence-electron chi connectivity index (χ3n) is 0.549. The van der Waals surface area contributed by atoms with Gasteiger partial charge < -0.3 is 5.53 Å². The molecule has 0 bridgehead atoms. The Kier molecular flexibility index (Phi) is 1.47. The molecule has 1 N–H and O–H groups in total. The Hall–Kier alpha value is -1.05. The molecule has 8 heavy (non-hydrogen) atoms. The van der Waals surface area contributed by atoms with Crippen molar-refractivity contribution in [2.45, 2.75) is 0 Å². The fourth-order valence-corrected chi connectivity index (χ4v) is 0.580. The van der Waals surface area contributed by atoms with Gasteiger partial charge in [0.1, 0.15) is 0 Å². The minimum Gasteiger partial charge on any atom is -0.359 e. The number of aromatic amines is 1. The molecule has 0 radical (unpaired) electrons. The quantitative estimate of drug-likeness (QED) is 0.318. The molecule has 0 aliphatic heterocycles. The Labute approximate surface area is 46.5 Å². The minimum absolute atomic E-state index is 0.422. The van der Waals surface area contributed by atoms with Gasteiger partial charge in [-0.3, -0.25) is 0 Å². The maximum absolute atomic E-state index is 7.97. The van der Waals surface area contributed by atoms with Crippen LogP contribution in [0, 0.1) is 0 Å². The summed E-state index contributed by atoms with van der Waals surface area (Å²) in [6.45, 7) is 0. The van der Waals surface area contributed by atoms with Crippen molar-refractivity contribution in [3.63, 3.8) is 0 Å². The SMILES string of the molecule is [N-]=[N+]=Pc1cn[nH]n1. The summed E-state index contributed by atoms with van der Waals surface area (Å²) in [5, 5.41) is 9.47. The summed E-state index contributed by atoms with van der Waals surface area (Å²) in [6.07, 6.45) is 1.49. The number of nitrogens with zero attached hydrogens (tertiary/aromatic N) is 4. The lowest BCUT2D eigenvalue weighted by Crippen LogP contribution is -1.89. The number of aromatic nitrogens is 3. The van der Waals surface area contributed by atoms with E-state index in [0.717, 1.165) is 0 Å². The molecule has 40 valence electrons. The predicted octanol–water partition coefficient (Wildman–Crippen LogP) is -0.351. The Balaban J connectivity index is 2.93. The largest absolute Gasteiger partial charge is 0.408 e. The second-order valence-corrected chi connectivity index (χ2v) is 1.85. The molecule has 0 aliphatic carbocycles. The van der Waals surface area contributed by atoms with Gasteiger partial charge in [0, 0.05) is 0 Å². The number of nitrogens with one attached hydrogen (secondary N) is 1. The average Bonchev–Trinajstić information content (AvgIpc) is 2.19. The summed E-state index contributed by atoms with van der Waals surface area (Å²) in [4.78, 5) is 0. The molecule has 0 spiro atoms. The lowest BCUT2D eigenvalue weighted by atomic mass is 11.0. The maximum Gasteiger partial charge on any atom is 0.408 e. The molecule has 5 nitrogen and oxygen atoms in total. The van der Waals surface area contributed by atoms with E-state index in [-0.39, 0.29) is 0 Å². The third-order valence-corrected chi connectivity index (χ3v) is 1.06. The molecule has 0 fully saturated rings. The van der Waals surface area contributed by atoms with E-state index in [0.29, 0.717) is 13.8 Å². The van der Waals surface area contributed by atoms with Crippen LogP contribution in [0.15, 0.2) is 6.20 Å². The first kappa shape index (κ1) is 5.09. The van der Waals surface area contributed by atoms with Crippen LogP contribution in [0.2, 0.25) is 0 Å². The summed E-state index contributed by atoms with van der Waals surface area (Å²) in [6, 6.07) is 0. The van der Waals surface area contributed by atoms with Crippen LogP contribution in [0.4, 0.5) is 0 Å². The van der Waals surface area contributed by atoms with E-state index in [4.69, 9.17) is 5.53 Å². The van der Waals surface area contributed by atoms with Crippen molar-refractivity contribution in [1.82, 2.24) is 20.0 Å². The van der Waals surface area contributed by atoms with E-state index in [9.17, 15) is 0 Å². The monoisotopic (exact) mass is 127 g/mol. The van der Waals surface area contributed by atoms with E-state index < -0.39 is 0 Å².